The second kappa shape index (κ2) is 2.86. The van der Waals surface area contributed by atoms with Crippen molar-refractivity contribution in [1.82, 2.24) is 0 Å². The van der Waals surface area contributed by atoms with Crippen molar-refractivity contribution in [1.29, 1.82) is 0 Å². The maximum atomic E-state index is 13.8. The van der Waals surface area contributed by atoms with Crippen LogP contribution in [-0.4, -0.2) is 16.4 Å². The van der Waals surface area contributed by atoms with Crippen LogP contribution in [0.4, 0.5) is 17.6 Å². The van der Waals surface area contributed by atoms with Gasteiger partial charge in [-0.1, -0.05) is 23.4 Å². The third kappa shape index (κ3) is 1.04. The molecule has 0 N–H and O–H groups in total. The molecule has 0 aromatic carbocycles. The number of rotatable bonds is 0. The second-order valence-electron chi connectivity index (χ2n) is 5.64. The van der Waals surface area contributed by atoms with Crippen molar-refractivity contribution in [3.63, 3.8) is 0 Å². The molecule has 3 fully saturated rings. The van der Waals surface area contributed by atoms with Gasteiger partial charge in [-0.3, -0.25) is 0 Å². The van der Waals surface area contributed by atoms with Gasteiger partial charge in [0.25, 0.3) is 0 Å². The third-order valence-electron chi connectivity index (χ3n) is 5.06. The van der Waals surface area contributed by atoms with Gasteiger partial charge in [0.05, 0.1) is 0 Å². The van der Waals surface area contributed by atoms with Crippen molar-refractivity contribution in [2.24, 2.45) is 23.7 Å². The molecule has 3 aliphatic carbocycles. The zero-order valence-electron chi connectivity index (χ0n) is 9.01. The number of fused-ring (bicyclic) bond motifs is 8. The zero-order chi connectivity index (χ0) is 12.0. The molecule has 4 rings (SSSR count). The Morgan fingerprint density at radius 2 is 1.94 bits per heavy atom. The first-order valence-electron chi connectivity index (χ1n) is 6.07. The molecule has 0 aromatic heterocycles. The number of hydrogen-bond acceptors (Lipinski definition) is 1. The van der Waals surface area contributed by atoms with E-state index in [1.165, 1.54) is 5.57 Å². The maximum absolute atomic E-state index is 13.8. The van der Waals surface area contributed by atoms with Crippen LogP contribution in [0.5, 0.6) is 0 Å². The SMILES string of the molecule is FC1(F)S[C@H]2[C@@H]([C@@H]3C[C@H]2C2=CCC[C@H]23)C1(F)F. The molecule has 2 bridgehead atoms. The predicted octanol–water partition coefficient (Wildman–Crippen LogP) is 3.93. The molecule has 4 aliphatic rings. The number of allylic oxidation sites excluding steroid dienone is 2. The minimum Gasteiger partial charge on any atom is -0.198 e. The molecule has 1 heterocycles. The summed E-state index contributed by atoms with van der Waals surface area (Å²) in [5.41, 5.74) is 1.22. The van der Waals surface area contributed by atoms with Crippen LogP contribution in [0, 0.1) is 23.7 Å². The Bertz CT molecular complexity index is 417. The first-order chi connectivity index (χ1) is 7.93. The van der Waals surface area contributed by atoms with Crippen LogP contribution in [0.15, 0.2) is 11.6 Å². The quantitative estimate of drug-likeness (QED) is 0.472. The Hall–Kier alpha value is -0.190. The maximum Gasteiger partial charge on any atom is 0.356 e. The summed E-state index contributed by atoms with van der Waals surface area (Å²) in [6.07, 6.45) is 4.66. The number of hydrogen-bond donors (Lipinski definition) is 0. The molecule has 0 unspecified atom stereocenters. The predicted molar refractivity (Wildman–Crippen MR) is 57.2 cm³/mol. The van der Waals surface area contributed by atoms with Gasteiger partial charge >= 0.3 is 11.2 Å². The normalized spacial score (nSPS) is 52.5. The Morgan fingerprint density at radius 1 is 1.18 bits per heavy atom. The van der Waals surface area contributed by atoms with Crippen molar-refractivity contribution >= 4 is 11.8 Å². The van der Waals surface area contributed by atoms with E-state index in [-0.39, 0.29) is 29.5 Å². The van der Waals surface area contributed by atoms with Crippen LogP contribution in [-0.2, 0) is 0 Å². The summed E-state index contributed by atoms with van der Waals surface area (Å²) in [7, 11) is 0. The number of thioether (sulfide) groups is 1. The van der Waals surface area contributed by atoms with E-state index in [1.807, 2.05) is 0 Å². The van der Waals surface area contributed by atoms with Gasteiger partial charge in [0.2, 0.25) is 0 Å². The van der Waals surface area contributed by atoms with Gasteiger partial charge < -0.3 is 0 Å². The molecule has 5 atom stereocenters. The van der Waals surface area contributed by atoms with Crippen LogP contribution >= 0.6 is 11.8 Å². The van der Waals surface area contributed by atoms with Crippen LogP contribution < -0.4 is 0 Å². The number of halogens is 4. The molecular formula is C12H12F4S. The highest BCUT2D eigenvalue weighted by Gasteiger charge is 2.77. The van der Waals surface area contributed by atoms with Gasteiger partial charge in [0, 0.05) is 11.2 Å². The van der Waals surface area contributed by atoms with Crippen molar-refractivity contribution < 1.29 is 17.6 Å². The van der Waals surface area contributed by atoms with E-state index in [2.05, 4.69) is 6.08 Å². The highest BCUT2D eigenvalue weighted by molar-refractivity contribution is 8.01. The molecule has 94 valence electrons. The molecule has 0 aromatic rings. The summed E-state index contributed by atoms with van der Waals surface area (Å²) in [6, 6.07) is 0. The van der Waals surface area contributed by atoms with Gasteiger partial charge in [-0.2, -0.15) is 17.6 Å². The first kappa shape index (κ1) is 10.7. The van der Waals surface area contributed by atoms with Gasteiger partial charge in [0.1, 0.15) is 0 Å². The minimum absolute atomic E-state index is 0.00162. The Morgan fingerprint density at radius 3 is 2.71 bits per heavy atom. The molecular weight excluding hydrogens is 252 g/mol. The lowest BCUT2D eigenvalue weighted by Crippen LogP contribution is -2.43. The van der Waals surface area contributed by atoms with Gasteiger partial charge in [0.15, 0.2) is 0 Å². The smallest absolute Gasteiger partial charge is 0.198 e. The van der Waals surface area contributed by atoms with E-state index in [4.69, 9.17) is 0 Å². The van der Waals surface area contributed by atoms with Gasteiger partial charge in [-0.25, -0.2) is 0 Å². The largest absolute Gasteiger partial charge is 0.356 e. The lowest BCUT2D eigenvalue weighted by molar-refractivity contribution is -0.184. The average Bonchev–Trinajstić information content (AvgIpc) is 2.85. The molecule has 1 aliphatic heterocycles. The standard InChI is InChI=1S/C12H12F4S/c13-11(14)9-7-4-8(6-3-1-2-5(6)7)10(9)17-12(11,15)16/h3,5,7-10H,1-2,4H2/t5-,7-,8+,9-,10-/m1/s1. The number of alkyl halides is 4. The van der Waals surface area contributed by atoms with Crippen LogP contribution in [0.3, 0.4) is 0 Å². The monoisotopic (exact) mass is 264 g/mol. The Balaban J connectivity index is 1.79. The van der Waals surface area contributed by atoms with Crippen LogP contribution in [0.25, 0.3) is 0 Å². The molecule has 0 spiro atoms. The van der Waals surface area contributed by atoms with E-state index in [0.717, 1.165) is 12.8 Å². The molecule has 2 saturated carbocycles. The lowest BCUT2D eigenvalue weighted by atomic mass is 9.75. The topological polar surface area (TPSA) is 0 Å². The van der Waals surface area contributed by atoms with Crippen LogP contribution in [0.1, 0.15) is 19.3 Å². The minimum atomic E-state index is -3.86. The van der Waals surface area contributed by atoms with E-state index >= 15 is 0 Å². The summed E-state index contributed by atoms with van der Waals surface area (Å²) in [5, 5.41) is -4.41. The molecule has 0 amide bonds. The molecule has 17 heavy (non-hydrogen) atoms. The Labute approximate surface area is 101 Å². The van der Waals surface area contributed by atoms with Crippen molar-refractivity contribution in [2.45, 2.75) is 35.7 Å². The summed E-state index contributed by atoms with van der Waals surface area (Å²) in [6.45, 7) is 0. The fraction of sp³-hybridized carbons (Fsp3) is 0.833. The second-order valence-corrected chi connectivity index (χ2v) is 6.93. The summed E-state index contributed by atoms with van der Waals surface area (Å²) < 4.78 is 54.4. The highest BCUT2D eigenvalue weighted by atomic mass is 32.2. The van der Waals surface area contributed by atoms with Crippen molar-refractivity contribution in [3.8, 4) is 0 Å². The Kier molecular flexibility index (Phi) is 1.80. The van der Waals surface area contributed by atoms with E-state index in [0.29, 0.717) is 6.42 Å². The lowest BCUT2D eigenvalue weighted by Gasteiger charge is -2.33. The fourth-order valence-electron chi connectivity index (χ4n) is 4.52. The third-order valence-corrected chi connectivity index (χ3v) is 6.52. The van der Waals surface area contributed by atoms with Crippen molar-refractivity contribution in [3.05, 3.63) is 11.6 Å². The van der Waals surface area contributed by atoms with E-state index in [1.54, 1.807) is 0 Å². The summed E-state index contributed by atoms with van der Waals surface area (Å²) in [4.78, 5) is 0. The fourth-order valence-corrected chi connectivity index (χ4v) is 6.10. The molecule has 5 heteroatoms. The zero-order valence-corrected chi connectivity index (χ0v) is 9.82. The average molecular weight is 264 g/mol. The first-order valence-corrected chi connectivity index (χ1v) is 6.95. The van der Waals surface area contributed by atoms with Gasteiger partial charge in [-0.15, -0.1) is 0 Å². The molecule has 0 radical (unpaired) electrons. The van der Waals surface area contributed by atoms with Crippen LogP contribution in [0.2, 0.25) is 0 Å². The van der Waals surface area contributed by atoms with Gasteiger partial charge in [-0.05, 0) is 37.0 Å². The summed E-state index contributed by atoms with van der Waals surface area (Å²) >= 11 is 0.233. The van der Waals surface area contributed by atoms with E-state index < -0.39 is 22.3 Å². The van der Waals surface area contributed by atoms with Crippen molar-refractivity contribution in [2.75, 3.05) is 0 Å². The van der Waals surface area contributed by atoms with E-state index in [9.17, 15) is 17.6 Å². The summed E-state index contributed by atoms with van der Waals surface area (Å²) in [5.74, 6) is -4.92. The molecule has 1 saturated heterocycles. The highest BCUT2D eigenvalue weighted by Crippen LogP contribution is 2.73. The molecule has 0 nitrogen and oxygen atoms in total.